The summed E-state index contributed by atoms with van der Waals surface area (Å²) in [6.45, 7) is 4.47. The molecule has 0 saturated carbocycles. The number of benzene rings is 1. The predicted octanol–water partition coefficient (Wildman–Crippen LogP) is 2.86. The van der Waals surface area contributed by atoms with Crippen LogP contribution in [-0.2, 0) is 13.6 Å². The van der Waals surface area contributed by atoms with Crippen LogP contribution in [0.25, 0.3) is 0 Å². The third-order valence-corrected chi connectivity index (χ3v) is 3.32. The fourth-order valence-corrected chi connectivity index (χ4v) is 1.92. The van der Waals surface area contributed by atoms with Crippen LogP contribution in [-0.4, -0.2) is 9.78 Å². The van der Waals surface area contributed by atoms with Crippen molar-refractivity contribution in [1.29, 1.82) is 0 Å². The fourth-order valence-electron chi connectivity index (χ4n) is 1.92. The molecule has 5 heteroatoms. The Morgan fingerprint density at radius 2 is 1.89 bits per heavy atom. The molecule has 1 unspecified atom stereocenters. The first kappa shape index (κ1) is 13.7. The fraction of sp³-hybridized carbons (Fsp3) is 0.357. The molecule has 19 heavy (non-hydrogen) atoms. The van der Waals surface area contributed by atoms with E-state index < -0.39 is 11.6 Å². The lowest BCUT2D eigenvalue weighted by molar-refractivity contribution is 0.544. The first-order valence-electron chi connectivity index (χ1n) is 6.14. The lowest BCUT2D eigenvalue weighted by Crippen LogP contribution is -2.18. The van der Waals surface area contributed by atoms with Crippen molar-refractivity contribution in [3.05, 3.63) is 52.9 Å². The number of hydrogen-bond acceptors (Lipinski definition) is 2. The zero-order valence-electron chi connectivity index (χ0n) is 11.2. The van der Waals surface area contributed by atoms with Gasteiger partial charge in [0.1, 0.15) is 11.6 Å². The van der Waals surface area contributed by atoms with Crippen LogP contribution in [0.1, 0.15) is 29.8 Å². The first-order chi connectivity index (χ1) is 8.97. The van der Waals surface area contributed by atoms with Gasteiger partial charge in [-0.15, -0.1) is 0 Å². The molecule has 2 aromatic rings. The number of halogens is 2. The zero-order valence-corrected chi connectivity index (χ0v) is 11.2. The van der Waals surface area contributed by atoms with Gasteiger partial charge < -0.3 is 5.32 Å². The summed E-state index contributed by atoms with van der Waals surface area (Å²) >= 11 is 0. The molecule has 1 atom stereocenters. The summed E-state index contributed by atoms with van der Waals surface area (Å²) in [5, 5.41) is 7.39. The molecule has 0 radical (unpaired) electrons. The molecule has 0 fully saturated rings. The van der Waals surface area contributed by atoms with Crippen molar-refractivity contribution in [3.63, 3.8) is 0 Å². The van der Waals surface area contributed by atoms with Crippen LogP contribution < -0.4 is 5.32 Å². The van der Waals surface area contributed by atoms with Gasteiger partial charge in [0.2, 0.25) is 0 Å². The minimum absolute atomic E-state index is 0.134. The lowest BCUT2D eigenvalue weighted by Gasteiger charge is -2.14. The smallest absolute Gasteiger partial charge is 0.126 e. The zero-order chi connectivity index (χ0) is 14.0. The summed E-state index contributed by atoms with van der Waals surface area (Å²) in [6, 6.07) is 3.43. The highest BCUT2D eigenvalue weighted by Crippen LogP contribution is 2.17. The van der Waals surface area contributed by atoms with E-state index in [4.69, 9.17) is 0 Å². The Labute approximate surface area is 111 Å². The SMILES string of the molecule is Cc1c(CNC(C)c2cc(F)cc(F)c2)cnn1C. The Bertz CT molecular complexity index is 558. The summed E-state index contributed by atoms with van der Waals surface area (Å²) in [5.74, 6) is -1.11. The van der Waals surface area contributed by atoms with Gasteiger partial charge in [0.25, 0.3) is 0 Å². The number of hydrogen-bond donors (Lipinski definition) is 1. The van der Waals surface area contributed by atoms with E-state index in [9.17, 15) is 8.78 Å². The van der Waals surface area contributed by atoms with E-state index in [1.54, 1.807) is 10.9 Å². The molecule has 0 spiro atoms. The van der Waals surface area contributed by atoms with Crippen molar-refractivity contribution < 1.29 is 8.78 Å². The maximum Gasteiger partial charge on any atom is 0.126 e. The molecule has 0 amide bonds. The molecule has 0 bridgehead atoms. The van der Waals surface area contributed by atoms with Crippen molar-refractivity contribution in [2.24, 2.45) is 7.05 Å². The number of aryl methyl sites for hydroxylation is 1. The minimum atomic E-state index is -0.554. The van der Waals surface area contributed by atoms with Gasteiger partial charge in [0.05, 0.1) is 6.20 Å². The third kappa shape index (κ3) is 3.17. The molecule has 3 nitrogen and oxygen atoms in total. The van der Waals surface area contributed by atoms with Gasteiger partial charge >= 0.3 is 0 Å². The van der Waals surface area contributed by atoms with E-state index in [0.29, 0.717) is 12.1 Å². The topological polar surface area (TPSA) is 29.9 Å². The van der Waals surface area contributed by atoms with Gasteiger partial charge in [-0.2, -0.15) is 5.10 Å². The maximum absolute atomic E-state index is 13.1. The molecule has 1 aromatic carbocycles. The molecule has 2 rings (SSSR count). The van der Waals surface area contributed by atoms with Gasteiger partial charge in [-0.25, -0.2) is 8.78 Å². The van der Waals surface area contributed by atoms with Gasteiger partial charge in [-0.3, -0.25) is 4.68 Å². The highest BCUT2D eigenvalue weighted by Gasteiger charge is 2.10. The Balaban J connectivity index is 2.05. The molecule has 1 heterocycles. The first-order valence-corrected chi connectivity index (χ1v) is 6.14. The van der Waals surface area contributed by atoms with E-state index in [0.717, 1.165) is 17.3 Å². The van der Waals surface area contributed by atoms with Crippen molar-refractivity contribution in [2.45, 2.75) is 26.4 Å². The standard InChI is InChI=1S/C14H17F2N3/c1-9(11-4-13(15)6-14(16)5-11)17-7-12-8-18-19(3)10(12)2/h4-6,8-9,17H,7H2,1-3H3. The number of nitrogens with zero attached hydrogens (tertiary/aromatic N) is 2. The molecule has 0 aliphatic carbocycles. The average Bonchev–Trinajstić information content (AvgIpc) is 2.66. The van der Waals surface area contributed by atoms with Crippen LogP contribution in [0.2, 0.25) is 0 Å². The molecule has 1 N–H and O–H groups in total. The summed E-state index contributed by atoms with van der Waals surface area (Å²) in [6.07, 6.45) is 1.79. The van der Waals surface area contributed by atoms with Crippen LogP contribution in [0.3, 0.4) is 0 Å². The van der Waals surface area contributed by atoms with Crippen LogP contribution in [0.15, 0.2) is 24.4 Å². The Morgan fingerprint density at radius 1 is 1.26 bits per heavy atom. The Kier molecular flexibility index (Phi) is 3.95. The average molecular weight is 265 g/mol. The Hall–Kier alpha value is -1.75. The highest BCUT2D eigenvalue weighted by molar-refractivity contribution is 5.22. The van der Waals surface area contributed by atoms with Crippen LogP contribution in [0, 0.1) is 18.6 Å². The maximum atomic E-state index is 13.1. The van der Waals surface area contributed by atoms with Crippen molar-refractivity contribution in [2.75, 3.05) is 0 Å². The summed E-state index contributed by atoms with van der Waals surface area (Å²) in [5.41, 5.74) is 2.75. The molecule has 0 aliphatic rings. The van der Waals surface area contributed by atoms with Gasteiger partial charge in [-0.1, -0.05) is 0 Å². The van der Waals surface area contributed by atoms with Crippen LogP contribution in [0.5, 0.6) is 0 Å². The van der Waals surface area contributed by atoms with Crippen molar-refractivity contribution in [3.8, 4) is 0 Å². The second-order valence-corrected chi connectivity index (χ2v) is 4.68. The van der Waals surface area contributed by atoms with Gasteiger partial charge in [0, 0.05) is 37.0 Å². The van der Waals surface area contributed by atoms with E-state index >= 15 is 0 Å². The van der Waals surface area contributed by atoms with E-state index in [-0.39, 0.29) is 6.04 Å². The van der Waals surface area contributed by atoms with Crippen molar-refractivity contribution in [1.82, 2.24) is 15.1 Å². The third-order valence-electron chi connectivity index (χ3n) is 3.32. The van der Waals surface area contributed by atoms with E-state index in [1.807, 2.05) is 20.9 Å². The second kappa shape index (κ2) is 5.48. The normalized spacial score (nSPS) is 12.7. The van der Waals surface area contributed by atoms with Crippen molar-refractivity contribution >= 4 is 0 Å². The largest absolute Gasteiger partial charge is 0.306 e. The number of nitrogens with one attached hydrogen (secondary N) is 1. The number of aromatic nitrogens is 2. The lowest BCUT2D eigenvalue weighted by atomic mass is 10.1. The predicted molar refractivity (Wildman–Crippen MR) is 69.6 cm³/mol. The van der Waals surface area contributed by atoms with Crippen LogP contribution >= 0.6 is 0 Å². The molecular formula is C14H17F2N3. The molecular weight excluding hydrogens is 248 g/mol. The molecule has 0 aliphatic heterocycles. The van der Waals surface area contributed by atoms with Gasteiger partial charge in [-0.05, 0) is 31.5 Å². The highest BCUT2D eigenvalue weighted by atomic mass is 19.1. The summed E-state index contributed by atoms with van der Waals surface area (Å²) in [4.78, 5) is 0. The monoisotopic (exact) mass is 265 g/mol. The molecule has 0 saturated heterocycles. The Morgan fingerprint density at radius 3 is 2.42 bits per heavy atom. The summed E-state index contributed by atoms with van der Waals surface area (Å²) in [7, 11) is 1.88. The van der Waals surface area contributed by atoms with Gasteiger partial charge in [0.15, 0.2) is 0 Å². The molecule has 1 aromatic heterocycles. The van der Waals surface area contributed by atoms with E-state index in [2.05, 4.69) is 10.4 Å². The molecule has 102 valence electrons. The number of rotatable bonds is 4. The van der Waals surface area contributed by atoms with Crippen LogP contribution in [0.4, 0.5) is 8.78 Å². The van der Waals surface area contributed by atoms with E-state index in [1.165, 1.54) is 12.1 Å². The second-order valence-electron chi connectivity index (χ2n) is 4.68. The quantitative estimate of drug-likeness (QED) is 0.921. The summed E-state index contributed by atoms with van der Waals surface area (Å²) < 4.78 is 28.1. The minimum Gasteiger partial charge on any atom is -0.306 e.